The number of hydrogen-bond acceptors (Lipinski definition) is 6. The minimum absolute atomic E-state index is 0.0464. The van der Waals surface area contributed by atoms with E-state index in [9.17, 15) is 14.7 Å². The fourth-order valence-corrected chi connectivity index (χ4v) is 4.65. The highest BCUT2D eigenvalue weighted by atomic mass is 32.1. The summed E-state index contributed by atoms with van der Waals surface area (Å²) in [4.78, 5) is 33.0. The lowest BCUT2D eigenvalue weighted by molar-refractivity contribution is -0.140. The SMILES string of the molecule is COc1ccc(/C(O)=C2/C(=O)C(=O)N(Cc3cccs3)C2c2ccccn2)cc1C(C)C. The number of pyridine rings is 1. The highest BCUT2D eigenvalue weighted by Gasteiger charge is 2.46. The van der Waals surface area contributed by atoms with Crippen molar-refractivity contribution < 1.29 is 19.4 Å². The summed E-state index contributed by atoms with van der Waals surface area (Å²) in [6.07, 6.45) is 1.62. The van der Waals surface area contributed by atoms with E-state index in [0.29, 0.717) is 17.0 Å². The molecule has 1 aromatic carbocycles. The average molecular weight is 449 g/mol. The largest absolute Gasteiger partial charge is 0.507 e. The molecule has 0 spiro atoms. The number of thiophene rings is 1. The first-order valence-corrected chi connectivity index (χ1v) is 11.2. The number of likely N-dealkylation sites (tertiary alicyclic amines) is 1. The molecule has 1 atom stereocenters. The number of aromatic nitrogens is 1. The molecule has 2 aromatic heterocycles. The van der Waals surface area contributed by atoms with Crippen LogP contribution in [0.1, 0.15) is 47.5 Å². The van der Waals surface area contributed by atoms with Crippen LogP contribution < -0.4 is 4.74 Å². The van der Waals surface area contributed by atoms with Crippen molar-refractivity contribution in [2.24, 2.45) is 0 Å². The Morgan fingerprint density at radius 2 is 2.00 bits per heavy atom. The summed E-state index contributed by atoms with van der Waals surface area (Å²) < 4.78 is 5.44. The fraction of sp³-hybridized carbons (Fsp3) is 0.240. The van der Waals surface area contributed by atoms with Crippen molar-refractivity contribution in [2.45, 2.75) is 32.4 Å². The predicted molar refractivity (Wildman–Crippen MR) is 123 cm³/mol. The van der Waals surface area contributed by atoms with Gasteiger partial charge in [0.25, 0.3) is 11.7 Å². The molecule has 3 aromatic rings. The molecule has 0 aliphatic carbocycles. The normalized spacial score (nSPS) is 17.9. The number of carbonyl (C=O) groups is 2. The number of amides is 1. The number of hydrogen-bond donors (Lipinski definition) is 1. The Morgan fingerprint density at radius 1 is 1.19 bits per heavy atom. The van der Waals surface area contributed by atoms with Crippen LogP contribution in [0.5, 0.6) is 5.75 Å². The number of nitrogens with zero attached hydrogens (tertiary/aromatic N) is 2. The van der Waals surface area contributed by atoms with Gasteiger partial charge in [0.15, 0.2) is 0 Å². The van der Waals surface area contributed by atoms with E-state index < -0.39 is 17.7 Å². The predicted octanol–water partition coefficient (Wildman–Crippen LogP) is 4.90. The quantitative estimate of drug-likeness (QED) is 0.330. The minimum Gasteiger partial charge on any atom is -0.507 e. The summed E-state index contributed by atoms with van der Waals surface area (Å²) in [5.41, 5.74) is 1.94. The van der Waals surface area contributed by atoms with E-state index in [4.69, 9.17) is 4.74 Å². The standard InChI is InChI=1S/C25H24N2O4S/c1-15(2)18-13-16(9-10-20(18)31-3)23(28)21-22(19-8-4-5-11-26-19)27(25(30)24(21)29)14-17-7-6-12-32-17/h4-13,15,22,28H,14H2,1-3H3/b23-21-. The lowest BCUT2D eigenvalue weighted by atomic mass is 9.94. The van der Waals surface area contributed by atoms with Crippen molar-refractivity contribution in [3.63, 3.8) is 0 Å². The molecular formula is C25H24N2O4S. The highest BCUT2D eigenvalue weighted by molar-refractivity contribution is 7.09. The van der Waals surface area contributed by atoms with Gasteiger partial charge in [-0.25, -0.2) is 0 Å². The van der Waals surface area contributed by atoms with Crippen LogP contribution in [0.2, 0.25) is 0 Å². The van der Waals surface area contributed by atoms with Crippen LogP contribution in [0.15, 0.2) is 65.7 Å². The molecule has 32 heavy (non-hydrogen) atoms. The van der Waals surface area contributed by atoms with Crippen LogP contribution in [0, 0.1) is 0 Å². The Morgan fingerprint density at radius 3 is 2.62 bits per heavy atom. The molecule has 0 saturated carbocycles. The van der Waals surface area contributed by atoms with E-state index in [2.05, 4.69) is 4.98 Å². The molecule has 1 unspecified atom stereocenters. The molecule has 1 saturated heterocycles. The smallest absolute Gasteiger partial charge is 0.296 e. The number of aliphatic hydroxyl groups is 1. The Labute approximate surface area is 190 Å². The first-order valence-electron chi connectivity index (χ1n) is 10.3. The van der Waals surface area contributed by atoms with Gasteiger partial charge >= 0.3 is 0 Å². The van der Waals surface area contributed by atoms with Crippen molar-refractivity contribution >= 4 is 28.8 Å². The molecule has 0 radical (unpaired) electrons. The minimum atomic E-state index is -0.775. The van der Waals surface area contributed by atoms with Gasteiger partial charge in [0.1, 0.15) is 17.6 Å². The van der Waals surface area contributed by atoms with E-state index in [1.807, 2.05) is 31.4 Å². The number of ketones is 1. The molecule has 4 rings (SSSR count). The van der Waals surface area contributed by atoms with Gasteiger partial charge in [0.05, 0.1) is 24.9 Å². The maximum atomic E-state index is 13.1. The van der Waals surface area contributed by atoms with E-state index >= 15 is 0 Å². The zero-order valence-electron chi connectivity index (χ0n) is 18.1. The Hall–Kier alpha value is -3.45. The van der Waals surface area contributed by atoms with Crippen LogP contribution in [0.25, 0.3) is 5.76 Å². The second-order valence-corrected chi connectivity index (χ2v) is 8.90. The lowest BCUT2D eigenvalue weighted by Crippen LogP contribution is -2.29. The molecule has 3 heterocycles. The molecule has 164 valence electrons. The maximum absolute atomic E-state index is 13.1. The second kappa shape index (κ2) is 8.96. The van der Waals surface area contributed by atoms with E-state index in [-0.39, 0.29) is 23.8 Å². The molecule has 1 N–H and O–H groups in total. The summed E-state index contributed by atoms with van der Waals surface area (Å²) >= 11 is 1.51. The molecular weight excluding hydrogens is 424 g/mol. The van der Waals surface area contributed by atoms with E-state index in [1.165, 1.54) is 16.2 Å². The van der Waals surface area contributed by atoms with Crippen LogP contribution in [0.3, 0.4) is 0 Å². The first kappa shape index (κ1) is 21.8. The van der Waals surface area contributed by atoms with Crippen molar-refractivity contribution in [3.8, 4) is 5.75 Å². The third-order valence-electron chi connectivity index (χ3n) is 5.54. The zero-order chi connectivity index (χ0) is 22.8. The first-order chi connectivity index (χ1) is 15.4. The van der Waals surface area contributed by atoms with Gasteiger partial charge < -0.3 is 14.7 Å². The monoisotopic (exact) mass is 448 g/mol. The van der Waals surface area contributed by atoms with Crippen LogP contribution in [-0.4, -0.2) is 33.8 Å². The van der Waals surface area contributed by atoms with Crippen LogP contribution >= 0.6 is 11.3 Å². The molecule has 0 bridgehead atoms. The van der Waals surface area contributed by atoms with Crippen molar-refractivity contribution in [1.29, 1.82) is 0 Å². The number of rotatable bonds is 6. The Kier molecular flexibility index (Phi) is 6.10. The molecule has 1 fully saturated rings. The van der Waals surface area contributed by atoms with Crippen LogP contribution in [0.4, 0.5) is 0 Å². The van der Waals surface area contributed by atoms with Gasteiger partial charge in [-0.1, -0.05) is 26.0 Å². The third kappa shape index (κ3) is 3.91. The lowest BCUT2D eigenvalue weighted by Gasteiger charge is -2.24. The molecule has 1 aliphatic heterocycles. The molecule has 1 amide bonds. The summed E-state index contributed by atoms with van der Waals surface area (Å²) in [5.74, 6) is -0.719. The van der Waals surface area contributed by atoms with E-state index in [1.54, 1.807) is 49.7 Å². The van der Waals surface area contributed by atoms with Gasteiger partial charge in [-0.15, -0.1) is 11.3 Å². The van der Waals surface area contributed by atoms with Crippen molar-refractivity contribution in [3.05, 3.63) is 87.4 Å². The summed E-state index contributed by atoms with van der Waals surface area (Å²) in [5, 5.41) is 13.2. The summed E-state index contributed by atoms with van der Waals surface area (Å²) in [6, 6.07) is 13.6. The number of benzene rings is 1. The topological polar surface area (TPSA) is 79.7 Å². The Balaban J connectivity index is 1.87. The van der Waals surface area contributed by atoms with Gasteiger partial charge in [-0.3, -0.25) is 14.6 Å². The zero-order valence-corrected chi connectivity index (χ0v) is 18.9. The second-order valence-electron chi connectivity index (χ2n) is 7.87. The maximum Gasteiger partial charge on any atom is 0.296 e. The van der Waals surface area contributed by atoms with Gasteiger partial charge in [-0.2, -0.15) is 0 Å². The number of Topliss-reactive ketones (excluding diaryl/α,β-unsaturated/α-hetero) is 1. The van der Waals surface area contributed by atoms with Crippen molar-refractivity contribution in [1.82, 2.24) is 9.88 Å². The number of aliphatic hydroxyl groups excluding tert-OH is 1. The van der Waals surface area contributed by atoms with Gasteiger partial charge in [-0.05, 0) is 53.3 Å². The van der Waals surface area contributed by atoms with Gasteiger partial charge in [0.2, 0.25) is 0 Å². The number of ether oxygens (including phenoxy) is 1. The Bertz CT molecular complexity index is 1170. The average Bonchev–Trinajstić information content (AvgIpc) is 3.41. The molecule has 6 nitrogen and oxygen atoms in total. The van der Waals surface area contributed by atoms with Crippen molar-refractivity contribution in [2.75, 3.05) is 7.11 Å². The van der Waals surface area contributed by atoms with E-state index in [0.717, 1.165) is 10.4 Å². The molecule has 1 aliphatic rings. The summed E-state index contributed by atoms with van der Waals surface area (Å²) in [7, 11) is 1.60. The molecule has 7 heteroatoms. The third-order valence-corrected chi connectivity index (χ3v) is 6.40. The number of carbonyl (C=O) groups excluding carboxylic acids is 2. The van der Waals surface area contributed by atoms with Gasteiger partial charge in [0, 0.05) is 16.6 Å². The highest BCUT2D eigenvalue weighted by Crippen LogP contribution is 2.40. The fourth-order valence-electron chi connectivity index (χ4n) is 3.95. The summed E-state index contributed by atoms with van der Waals surface area (Å²) in [6.45, 7) is 4.31. The number of methoxy groups -OCH3 is 1. The van der Waals surface area contributed by atoms with Crippen LogP contribution in [-0.2, 0) is 16.1 Å².